The molecule has 3 heteroatoms. The third-order valence-corrected chi connectivity index (χ3v) is 3.26. The monoisotopic (exact) mass is 184 g/mol. The van der Waals surface area contributed by atoms with E-state index in [4.69, 9.17) is 5.11 Å². The number of carbonyl (C=O) groups is 1. The molecular formula is C10H16O3. The molecule has 0 aromatic heterocycles. The van der Waals surface area contributed by atoms with Gasteiger partial charge in [0.15, 0.2) is 6.10 Å². The molecule has 0 saturated heterocycles. The van der Waals surface area contributed by atoms with Gasteiger partial charge in [-0.2, -0.15) is 0 Å². The Morgan fingerprint density at radius 2 is 2.23 bits per heavy atom. The fraction of sp³-hybridized carbons (Fsp3) is 0.700. The molecule has 0 aliphatic heterocycles. The maximum atomic E-state index is 10.6. The second-order valence-corrected chi connectivity index (χ2v) is 4.23. The molecule has 1 aliphatic rings. The molecule has 0 aromatic rings. The van der Waals surface area contributed by atoms with Gasteiger partial charge in [0.1, 0.15) is 0 Å². The van der Waals surface area contributed by atoms with Crippen molar-refractivity contribution in [2.45, 2.75) is 33.3 Å². The molecule has 1 aliphatic carbocycles. The van der Waals surface area contributed by atoms with Gasteiger partial charge >= 0.3 is 5.97 Å². The lowest BCUT2D eigenvalue weighted by molar-refractivity contribution is -0.151. The maximum Gasteiger partial charge on any atom is 0.332 e. The van der Waals surface area contributed by atoms with Crippen molar-refractivity contribution in [2.24, 2.45) is 11.3 Å². The summed E-state index contributed by atoms with van der Waals surface area (Å²) in [6, 6.07) is 0. The minimum absolute atomic E-state index is 0.190. The number of hydrogen-bond acceptors (Lipinski definition) is 2. The molecule has 0 heterocycles. The summed E-state index contributed by atoms with van der Waals surface area (Å²) in [6.45, 7) is 5.93. The number of carboxylic acids is 1. The van der Waals surface area contributed by atoms with E-state index in [9.17, 15) is 9.90 Å². The van der Waals surface area contributed by atoms with Gasteiger partial charge in [0, 0.05) is 5.92 Å². The topological polar surface area (TPSA) is 57.5 Å². The smallest absolute Gasteiger partial charge is 0.332 e. The lowest BCUT2D eigenvalue weighted by Gasteiger charge is -2.31. The largest absolute Gasteiger partial charge is 0.479 e. The molecule has 74 valence electrons. The van der Waals surface area contributed by atoms with Crippen LogP contribution in [0.3, 0.4) is 0 Å². The Morgan fingerprint density at radius 1 is 1.69 bits per heavy atom. The Kier molecular flexibility index (Phi) is 2.48. The van der Waals surface area contributed by atoms with Gasteiger partial charge in [-0.25, -0.2) is 4.79 Å². The first-order valence-corrected chi connectivity index (χ1v) is 4.45. The summed E-state index contributed by atoms with van der Waals surface area (Å²) in [5.74, 6) is -1.31. The van der Waals surface area contributed by atoms with Crippen LogP contribution in [0.15, 0.2) is 11.6 Å². The highest BCUT2D eigenvalue weighted by atomic mass is 16.4. The second-order valence-electron chi connectivity index (χ2n) is 4.23. The van der Waals surface area contributed by atoms with Crippen molar-refractivity contribution in [1.29, 1.82) is 0 Å². The Bertz CT molecular complexity index is 253. The molecule has 2 atom stereocenters. The van der Waals surface area contributed by atoms with E-state index in [1.807, 2.05) is 26.8 Å². The zero-order chi connectivity index (χ0) is 10.2. The minimum atomic E-state index is -1.25. The molecule has 1 rings (SSSR count). The van der Waals surface area contributed by atoms with Gasteiger partial charge in [-0.05, 0) is 18.8 Å². The molecular weight excluding hydrogens is 168 g/mol. The van der Waals surface area contributed by atoms with Crippen LogP contribution in [-0.2, 0) is 4.79 Å². The summed E-state index contributed by atoms with van der Waals surface area (Å²) < 4.78 is 0. The van der Waals surface area contributed by atoms with Crippen molar-refractivity contribution < 1.29 is 15.0 Å². The molecule has 0 radical (unpaired) electrons. The van der Waals surface area contributed by atoms with E-state index >= 15 is 0 Å². The number of rotatable bonds is 2. The van der Waals surface area contributed by atoms with Crippen LogP contribution in [0.5, 0.6) is 0 Å². The van der Waals surface area contributed by atoms with Crippen molar-refractivity contribution in [3.63, 3.8) is 0 Å². The molecule has 0 amide bonds. The first kappa shape index (κ1) is 10.3. The van der Waals surface area contributed by atoms with E-state index in [1.165, 1.54) is 0 Å². The van der Waals surface area contributed by atoms with Crippen LogP contribution in [0.1, 0.15) is 27.2 Å². The number of carboxylic acid groups (broad SMARTS) is 1. The van der Waals surface area contributed by atoms with Crippen molar-refractivity contribution in [3.05, 3.63) is 11.6 Å². The van der Waals surface area contributed by atoms with Crippen molar-refractivity contribution in [2.75, 3.05) is 0 Å². The van der Waals surface area contributed by atoms with Gasteiger partial charge in [-0.3, -0.25) is 0 Å². The Morgan fingerprint density at radius 3 is 2.54 bits per heavy atom. The minimum Gasteiger partial charge on any atom is -0.479 e. The maximum absolute atomic E-state index is 10.6. The predicted octanol–water partition coefficient (Wildman–Crippen LogP) is 1.42. The molecule has 0 bridgehead atoms. The van der Waals surface area contributed by atoms with Gasteiger partial charge < -0.3 is 10.2 Å². The highest BCUT2D eigenvalue weighted by Gasteiger charge is 2.41. The van der Waals surface area contributed by atoms with Crippen LogP contribution in [-0.4, -0.2) is 22.3 Å². The Balaban J connectivity index is 2.82. The fourth-order valence-electron chi connectivity index (χ4n) is 1.85. The lowest BCUT2D eigenvalue weighted by Crippen LogP contribution is -2.36. The summed E-state index contributed by atoms with van der Waals surface area (Å²) in [7, 11) is 0. The van der Waals surface area contributed by atoms with Crippen LogP contribution >= 0.6 is 0 Å². The van der Waals surface area contributed by atoms with Gasteiger partial charge in [0.25, 0.3) is 0 Å². The van der Waals surface area contributed by atoms with E-state index in [0.717, 1.165) is 5.57 Å². The summed E-state index contributed by atoms with van der Waals surface area (Å²) in [6.07, 6.45) is 1.42. The zero-order valence-electron chi connectivity index (χ0n) is 8.24. The number of hydrogen-bond donors (Lipinski definition) is 2. The van der Waals surface area contributed by atoms with Crippen LogP contribution in [0.4, 0.5) is 0 Å². The third-order valence-electron chi connectivity index (χ3n) is 3.26. The number of aliphatic carboxylic acids is 1. The Hall–Kier alpha value is -0.830. The number of allylic oxidation sites excluding steroid dienone is 2. The van der Waals surface area contributed by atoms with Crippen LogP contribution in [0.2, 0.25) is 0 Å². The van der Waals surface area contributed by atoms with Crippen molar-refractivity contribution in [1.82, 2.24) is 0 Å². The van der Waals surface area contributed by atoms with E-state index in [0.29, 0.717) is 6.42 Å². The highest BCUT2D eigenvalue weighted by Crippen LogP contribution is 2.44. The molecule has 2 N–H and O–H groups in total. The Labute approximate surface area is 78.1 Å². The first-order valence-electron chi connectivity index (χ1n) is 4.45. The molecule has 1 unspecified atom stereocenters. The number of aliphatic hydroxyl groups excluding tert-OH is 1. The van der Waals surface area contributed by atoms with E-state index in [2.05, 4.69) is 0 Å². The van der Waals surface area contributed by atoms with Gasteiger partial charge in [-0.1, -0.05) is 25.5 Å². The summed E-state index contributed by atoms with van der Waals surface area (Å²) in [5.41, 5.74) is 0.968. The lowest BCUT2D eigenvalue weighted by atomic mass is 9.75. The molecule has 3 nitrogen and oxygen atoms in total. The van der Waals surface area contributed by atoms with E-state index in [1.54, 1.807) is 0 Å². The van der Waals surface area contributed by atoms with Crippen molar-refractivity contribution >= 4 is 5.97 Å². The molecule has 0 saturated carbocycles. The SMILES string of the molecule is CC1=CC[C@@H](C(O)C(=O)O)C1(C)C. The quantitative estimate of drug-likeness (QED) is 0.638. The highest BCUT2D eigenvalue weighted by molar-refractivity contribution is 5.72. The normalized spacial score (nSPS) is 28.3. The van der Waals surface area contributed by atoms with Gasteiger partial charge in [-0.15, -0.1) is 0 Å². The third kappa shape index (κ3) is 1.61. The van der Waals surface area contributed by atoms with Crippen molar-refractivity contribution in [3.8, 4) is 0 Å². The van der Waals surface area contributed by atoms with Crippen LogP contribution in [0, 0.1) is 11.3 Å². The predicted molar refractivity (Wildman–Crippen MR) is 49.3 cm³/mol. The van der Waals surface area contributed by atoms with E-state index < -0.39 is 12.1 Å². The van der Waals surface area contributed by atoms with Crippen LogP contribution in [0.25, 0.3) is 0 Å². The van der Waals surface area contributed by atoms with Gasteiger partial charge in [0.05, 0.1) is 0 Å². The number of aliphatic hydroxyl groups is 1. The first-order chi connectivity index (χ1) is 5.87. The zero-order valence-corrected chi connectivity index (χ0v) is 8.24. The van der Waals surface area contributed by atoms with Crippen LogP contribution < -0.4 is 0 Å². The molecule has 0 fully saturated rings. The fourth-order valence-corrected chi connectivity index (χ4v) is 1.85. The second kappa shape index (κ2) is 3.14. The molecule has 0 spiro atoms. The average Bonchev–Trinajstić information content (AvgIpc) is 2.26. The summed E-state index contributed by atoms with van der Waals surface area (Å²) in [4.78, 5) is 10.6. The molecule has 13 heavy (non-hydrogen) atoms. The molecule has 0 aromatic carbocycles. The van der Waals surface area contributed by atoms with E-state index in [-0.39, 0.29) is 11.3 Å². The summed E-state index contributed by atoms with van der Waals surface area (Å²) in [5, 5.41) is 18.1. The standard InChI is InChI=1S/C10H16O3/c1-6-4-5-7(10(6,2)3)8(11)9(12)13/h4,7-8,11H,5H2,1-3H3,(H,12,13)/t7-,8?/m0/s1. The average molecular weight is 184 g/mol. The summed E-state index contributed by atoms with van der Waals surface area (Å²) >= 11 is 0. The van der Waals surface area contributed by atoms with Gasteiger partial charge in [0.2, 0.25) is 0 Å².